The monoisotopic (exact) mass is 348 g/mol. The van der Waals surface area contributed by atoms with Gasteiger partial charge in [0.05, 0.1) is 35.3 Å². The zero-order valence-electron chi connectivity index (χ0n) is 15.2. The number of para-hydroxylation sites is 1. The van der Waals surface area contributed by atoms with Crippen molar-refractivity contribution < 1.29 is 9.53 Å². The summed E-state index contributed by atoms with van der Waals surface area (Å²) in [6.45, 7) is 0.995. The van der Waals surface area contributed by atoms with Crippen LogP contribution in [0.4, 0.5) is 17.1 Å². The van der Waals surface area contributed by atoms with Crippen LogP contribution in [0, 0.1) is 0 Å². The first-order chi connectivity index (χ1) is 12.7. The first kappa shape index (κ1) is 15.7. The highest BCUT2D eigenvalue weighted by Gasteiger charge is 2.42. The summed E-state index contributed by atoms with van der Waals surface area (Å²) in [6, 6.07) is 12.7. The summed E-state index contributed by atoms with van der Waals surface area (Å²) in [4.78, 5) is 14.5. The Morgan fingerprint density at radius 1 is 1.15 bits per heavy atom. The predicted molar refractivity (Wildman–Crippen MR) is 103 cm³/mol. The molecular formula is C22H24N2O2. The molecule has 0 saturated heterocycles. The van der Waals surface area contributed by atoms with Crippen molar-refractivity contribution in [3.05, 3.63) is 53.1 Å². The van der Waals surface area contributed by atoms with Crippen LogP contribution in [0.5, 0.6) is 0 Å². The Hall–Kier alpha value is -2.49. The number of hydrogen-bond acceptors (Lipinski definition) is 4. The highest BCUT2D eigenvalue weighted by molar-refractivity contribution is 5.94. The first-order valence-electron chi connectivity index (χ1n) is 9.62. The molecular weight excluding hydrogens is 324 g/mol. The molecule has 0 unspecified atom stereocenters. The van der Waals surface area contributed by atoms with E-state index in [-0.39, 0.29) is 11.5 Å². The number of methoxy groups -OCH3 is 1. The molecule has 26 heavy (non-hydrogen) atoms. The largest absolute Gasteiger partial charge is 0.465 e. The minimum Gasteiger partial charge on any atom is -0.465 e. The number of esters is 1. The number of carbonyl (C=O) groups is 1. The van der Waals surface area contributed by atoms with Crippen LogP contribution in [0.3, 0.4) is 0 Å². The lowest BCUT2D eigenvalue weighted by atomic mass is 9.75. The number of fused-ring (bicyclic) bond motifs is 3. The third-order valence-corrected chi connectivity index (χ3v) is 6.30. The van der Waals surface area contributed by atoms with Crippen LogP contribution in [-0.2, 0) is 16.7 Å². The highest BCUT2D eigenvalue weighted by Crippen LogP contribution is 2.52. The molecule has 1 saturated carbocycles. The van der Waals surface area contributed by atoms with Crippen molar-refractivity contribution in [2.75, 3.05) is 23.9 Å². The van der Waals surface area contributed by atoms with E-state index in [0.717, 1.165) is 31.5 Å². The number of nitrogens with one attached hydrogen (secondary N) is 1. The molecule has 0 bridgehead atoms. The standard InChI is InChI=1S/C22H24N2O2/c1-26-21(25)16-8-9-19-18(14-16)23-22(11-3-2-4-12-22)17-7-5-6-15-10-13-24(19)20(15)17/h5-9,14,23H,2-4,10-13H2,1H3. The normalized spacial score (nSPS) is 19.3. The smallest absolute Gasteiger partial charge is 0.337 e. The van der Waals surface area contributed by atoms with Crippen LogP contribution in [-0.4, -0.2) is 19.6 Å². The fourth-order valence-electron chi connectivity index (χ4n) is 5.07. The Morgan fingerprint density at radius 3 is 2.81 bits per heavy atom. The van der Waals surface area contributed by atoms with E-state index in [9.17, 15) is 4.79 Å². The van der Waals surface area contributed by atoms with Gasteiger partial charge in [0.2, 0.25) is 0 Å². The lowest BCUT2D eigenvalue weighted by molar-refractivity contribution is 0.0601. The van der Waals surface area contributed by atoms with Gasteiger partial charge in [0.25, 0.3) is 0 Å². The Labute approximate surface area is 154 Å². The minimum absolute atomic E-state index is 0.0355. The van der Waals surface area contributed by atoms with Crippen LogP contribution < -0.4 is 10.2 Å². The van der Waals surface area contributed by atoms with Crippen molar-refractivity contribution in [2.45, 2.75) is 44.1 Å². The molecule has 134 valence electrons. The summed E-state index contributed by atoms with van der Waals surface area (Å²) in [5.74, 6) is -0.281. The summed E-state index contributed by atoms with van der Waals surface area (Å²) >= 11 is 0. The number of benzene rings is 2. The number of rotatable bonds is 1. The number of carbonyl (C=O) groups excluding carboxylic acids is 1. The number of anilines is 3. The fraction of sp³-hybridized carbons (Fsp3) is 0.409. The summed E-state index contributed by atoms with van der Waals surface area (Å²) in [7, 11) is 1.44. The maximum Gasteiger partial charge on any atom is 0.337 e. The molecule has 0 amide bonds. The van der Waals surface area contributed by atoms with Crippen molar-refractivity contribution in [1.82, 2.24) is 0 Å². The van der Waals surface area contributed by atoms with E-state index in [2.05, 4.69) is 34.5 Å². The molecule has 1 spiro atoms. The van der Waals surface area contributed by atoms with Gasteiger partial charge >= 0.3 is 5.97 Å². The molecule has 2 aromatic carbocycles. The van der Waals surface area contributed by atoms with Crippen LogP contribution in [0.1, 0.15) is 53.6 Å². The molecule has 0 radical (unpaired) electrons. The molecule has 4 nitrogen and oxygen atoms in total. The van der Waals surface area contributed by atoms with Gasteiger partial charge in [-0.2, -0.15) is 0 Å². The first-order valence-corrected chi connectivity index (χ1v) is 9.62. The molecule has 1 aliphatic carbocycles. The molecule has 0 aromatic heterocycles. The Balaban J connectivity index is 1.73. The fourth-order valence-corrected chi connectivity index (χ4v) is 5.07. The molecule has 4 heteroatoms. The van der Waals surface area contributed by atoms with Crippen molar-refractivity contribution in [2.24, 2.45) is 0 Å². The van der Waals surface area contributed by atoms with Gasteiger partial charge in [0.15, 0.2) is 0 Å². The third-order valence-electron chi connectivity index (χ3n) is 6.30. The summed E-state index contributed by atoms with van der Waals surface area (Å²) in [5.41, 5.74) is 7.07. The zero-order valence-corrected chi connectivity index (χ0v) is 15.2. The quantitative estimate of drug-likeness (QED) is 0.755. The van der Waals surface area contributed by atoms with Gasteiger partial charge in [-0.1, -0.05) is 37.5 Å². The Bertz CT molecular complexity index is 884. The molecule has 0 atom stereocenters. The summed E-state index contributed by atoms with van der Waals surface area (Å²) < 4.78 is 4.94. The van der Waals surface area contributed by atoms with Gasteiger partial charge < -0.3 is 15.0 Å². The van der Waals surface area contributed by atoms with E-state index in [1.807, 2.05) is 12.1 Å². The zero-order chi connectivity index (χ0) is 17.7. The molecule has 2 aliphatic heterocycles. The lowest BCUT2D eigenvalue weighted by Gasteiger charge is -2.39. The van der Waals surface area contributed by atoms with Crippen molar-refractivity contribution in [1.29, 1.82) is 0 Å². The van der Waals surface area contributed by atoms with Crippen LogP contribution in [0.15, 0.2) is 36.4 Å². The predicted octanol–water partition coefficient (Wildman–Crippen LogP) is 4.75. The van der Waals surface area contributed by atoms with Crippen molar-refractivity contribution in [3.63, 3.8) is 0 Å². The Morgan fingerprint density at radius 2 is 2.00 bits per heavy atom. The van der Waals surface area contributed by atoms with Crippen LogP contribution in [0.2, 0.25) is 0 Å². The highest BCUT2D eigenvalue weighted by atomic mass is 16.5. The van der Waals surface area contributed by atoms with E-state index in [1.54, 1.807) is 0 Å². The van der Waals surface area contributed by atoms with E-state index < -0.39 is 0 Å². The number of hydrogen-bond donors (Lipinski definition) is 1. The maximum absolute atomic E-state index is 12.1. The van der Waals surface area contributed by atoms with Gasteiger partial charge in [-0.25, -0.2) is 4.79 Å². The molecule has 5 rings (SSSR count). The Kier molecular flexibility index (Phi) is 3.49. The van der Waals surface area contributed by atoms with Gasteiger partial charge in [-0.05, 0) is 43.0 Å². The van der Waals surface area contributed by atoms with E-state index in [0.29, 0.717) is 5.56 Å². The average molecular weight is 348 g/mol. The van der Waals surface area contributed by atoms with Gasteiger partial charge in [-0.15, -0.1) is 0 Å². The van der Waals surface area contributed by atoms with Crippen molar-refractivity contribution in [3.8, 4) is 0 Å². The average Bonchev–Trinajstić information content (AvgIpc) is 3.07. The van der Waals surface area contributed by atoms with Gasteiger partial charge in [0.1, 0.15) is 0 Å². The number of nitrogens with zero attached hydrogens (tertiary/aromatic N) is 1. The van der Waals surface area contributed by atoms with Gasteiger partial charge in [-0.3, -0.25) is 0 Å². The number of ether oxygens (including phenoxy) is 1. The van der Waals surface area contributed by atoms with Gasteiger partial charge in [0, 0.05) is 12.1 Å². The van der Waals surface area contributed by atoms with Crippen molar-refractivity contribution >= 4 is 23.0 Å². The van der Waals surface area contributed by atoms with E-state index in [1.165, 1.54) is 48.9 Å². The lowest BCUT2D eigenvalue weighted by Crippen LogP contribution is -2.37. The van der Waals surface area contributed by atoms with E-state index in [4.69, 9.17) is 4.74 Å². The SMILES string of the molecule is COC(=O)c1ccc2c(c1)NC1(CCCCC1)c1cccc3c1N2CC3. The molecule has 1 N–H and O–H groups in total. The topological polar surface area (TPSA) is 41.6 Å². The second-order valence-corrected chi connectivity index (χ2v) is 7.71. The minimum atomic E-state index is -0.281. The maximum atomic E-state index is 12.1. The third kappa shape index (κ3) is 2.17. The molecule has 3 aliphatic rings. The van der Waals surface area contributed by atoms with Crippen LogP contribution >= 0.6 is 0 Å². The second-order valence-electron chi connectivity index (χ2n) is 7.71. The summed E-state index contributed by atoms with van der Waals surface area (Å²) in [6.07, 6.45) is 7.14. The second kappa shape index (κ2) is 5.76. The van der Waals surface area contributed by atoms with Crippen LogP contribution in [0.25, 0.3) is 0 Å². The summed E-state index contributed by atoms with van der Waals surface area (Å²) in [5, 5.41) is 3.89. The van der Waals surface area contributed by atoms with E-state index >= 15 is 0 Å². The molecule has 1 fully saturated rings. The molecule has 2 aromatic rings. The molecule has 2 heterocycles.